The second kappa shape index (κ2) is 11.3. The van der Waals surface area contributed by atoms with Crippen LogP contribution in [0.4, 0.5) is 0 Å². The lowest BCUT2D eigenvalue weighted by molar-refractivity contribution is -0.145. The molecule has 0 unspecified atom stereocenters. The van der Waals surface area contributed by atoms with Crippen molar-refractivity contribution in [2.75, 3.05) is 0 Å². The zero-order valence-corrected chi connectivity index (χ0v) is 24.8. The lowest BCUT2D eigenvalue weighted by Gasteiger charge is -2.58. The van der Waals surface area contributed by atoms with Crippen LogP contribution in [-0.2, 0) is 9.53 Å². The van der Waals surface area contributed by atoms with Crippen LogP contribution in [0.25, 0.3) is 6.08 Å². The fourth-order valence-electron chi connectivity index (χ4n) is 9.68. The second-order valence-electron chi connectivity index (χ2n) is 14.3. The molecule has 1 aromatic rings. The molecule has 38 heavy (non-hydrogen) atoms. The van der Waals surface area contributed by atoms with Crippen molar-refractivity contribution in [3.63, 3.8) is 0 Å². The van der Waals surface area contributed by atoms with Crippen molar-refractivity contribution < 1.29 is 9.53 Å². The van der Waals surface area contributed by atoms with E-state index in [1.165, 1.54) is 57.8 Å². The lowest BCUT2D eigenvalue weighted by Crippen LogP contribution is -2.51. The van der Waals surface area contributed by atoms with Crippen LogP contribution in [0.15, 0.2) is 48.1 Å². The van der Waals surface area contributed by atoms with Crippen LogP contribution in [0.5, 0.6) is 0 Å². The summed E-state index contributed by atoms with van der Waals surface area (Å²) >= 11 is 0. The summed E-state index contributed by atoms with van der Waals surface area (Å²) in [6.45, 7) is 12.6. The molecule has 0 aromatic heterocycles. The van der Waals surface area contributed by atoms with Crippen LogP contribution in [0.2, 0.25) is 0 Å². The molecule has 0 saturated heterocycles. The molecule has 2 nitrogen and oxygen atoms in total. The maximum absolute atomic E-state index is 12.6. The van der Waals surface area contributed by atoms with E-state index in [1.54, 1.807) is 11.6 Å². The van der Waals surface area contributed by atoms with Gasteiger partial charge in [-0.25, -0.2) is 4.79 Å². The van der Waals surface area contributed by atoms with Gasteiger partial charge in [-0.2, -0.15) is 0 Å². The summed E-state index contributed by atoms with van der Waals surface area (Å²) in [5, 5.41) is 0. The van der Waals surface area contributed by atoms with E-state index in [0.717, 1.165) is 53.9 Å². The molecule has 0 N–H and O–H groups in total. The van der Waals surface area contributed by atoms with Crippen LogP contribution < -0.4 is 0 Å². The molecule has 0 heterocycles. The molecule has 0 spiro atoms. The number of fused-ring (bicyclic) bond motifs is 5. The van der Waals surface area contributed by atoms with Gasteiger partial charge in [0.25, 0.3) is 0 Å². The molecule has 3 fully saturated rings. The fourth-order valence-corrected chi connectivity index (χ4v) is 9.68. The lowest BCUT2D eigenvalue weighted by atomic mass is 9.47. The Morgan fingerprint density at radius 3 is 2.55 bits per heavy atom. The third-order valence-corrected chi connectivity index (χ3v) is 11.8. The van der Waals surface area contributed by atoms with Crippen molar-refractivity contribution >= 4 is 12.0 Å². The molecular formula is C36H52O2. The van der Waals surface area contributed by atoms with E-state index in [2.05, 4.69) is 40.7 Å². The Hall–Kier alpha value is -1.83. The fraction of sp³-hybridized carbons (Fsp3) is 0.694. The minimum absolute atomic E-state index is 0.0233. The van der Waals surface area contributed by atoms with Crippen LogP contribution in [0.1, 0.15) is 111 Å². The van der Waals surface area contributed by atoms with Gasteiger partial charge in [-0.05, 0) is 103 Å². The van der Waals surface area contributed by atoms with E-state index < -0.39 is 0 Å². The zero-order valence-electron chi connectivity index (χ0n) is 24.8. The van der Waals surface area contributed by atoms with E-state index in [4.69, 9.17) is 4.74 Å². The molecule has 2 heteroatoms. The zero-order chi connectivity index (χ0) is 26.9. The number of carbonyl (C=O) groups is 1. The molecular weight excluding hydrogens is 464 g/mol. The normalized spacial score (nSPS) is 37.3. The minimum Gasteiger partial charge on any atom is -0.459 e. The van der Waals surface area contributed by atoms with E-state index in [-0.39, 0.29) is 12.1 Å². The maximum atomic E-state index is 12.6. The van der Waals surface area contributed by atoms with Crippen LogP contribution >= 0.6 is 0 Å². The summed E-state index contributed by atoms with van der Waals surface area (Å²) < 4.78 is 5.95. The summed E-state index contributed by atoms with van der Waals surface area (Å²) in [6, 6.07) is 9.99. The average Bonchev–Trinajstić information content (AvgIpc) is 3.25. The first-order valence-electron chi connectivity index (χ1n) is 15.8. The smallest absolute Gasteiger partial charge is 0.331 e. The highest BCUT2D eigenvalue weighted by Gasteiger charge is 2.59. The van der Waals surface area contributed by atoms with Gasteiger partial charge in [-0.1, -0.05) is 95.9 Å². The Kier molecular flexibility index (Phi) is 8.28. The number of benzene rings is 1. The predicted molar refractivity (Wildman–Crippen MR) is 158 cm³/mol. The minimum atomic E-state index is -0.204. The van der Waals surface area contributed by atoms with Gasteiger partial charge in [-0.3, -0.25) is 0 Å². The number of esters is 1. The molecule has 8 atom stereocenters. The molecule has 0 amide bonds. The summed E-state index contributed by atoms with van der Waals surface area (Å²) in [5.74, 6) is 4.97. The number of hydrogen-bond donors (Lipinski definition) is 0. The number of rotatable bonds is 8. The molecule has 0 radical (unpaired) electrons. The van der Waals surface area contributed by atoms with Crippen molar-refractivity contribution in [1.82, 2.24) is 0 Å². The number of allylic oxidation sites excluding steroid dienone is 1. The predicted octanol–water partition coefficient (Wildman–Crippen LogP) is 9.65. The first-order valence-corrected chi connectivity index (χ1v) is 15.8. The number of carbonyl (C=O) groups excluding carboxylic acids is 1. The Morgan fingerprint density at radius 2 is 1.79 bits per heavy atom. The van der Waals surface area contributed by atoms with Crippen molar-refractivity contribution in [2.24, 2.45) is 46.3 Å². The quantitative estimate of drug-likeness (QED) is 0.195. The molecule has 0 bridgehead atoms. The third kappa shape index (κ3) is 5.44. The average molecular weight is 517 g/mol. The summed E-state index contributed by atoms with van der Waals surface area (Å²) in [5.41, 5.74) is 3.46. The van der Waals surface area contributed by atoms with Gasteiger partial charge in [0, 0.05) is 12.5 Å². The molecule has 1 aromatic carbocycles. The Bertz CT molecular complexity index is 1020. The van der Waals surface area contributed by atoms with Gasteiger partial charge in [0.15, 0.2) is 0 Å². The SMILES string of the molecule is CC(C)CCC[C@@H](C)[C@H]1CC[C@@H]2[C@H]3CC=C4C[C@@H](OC(=O)/C=C/c5ccccc5)CC[C@]4(C)[C@H]3CC[C@@]21C. The Balaban J connectivity index is 1.22. The van der Waals surface area contributed by atoms with Crippen LogP contribution in [0.3, 0.4) is 0 Å². The van der Waals surface area contributed by atoms with Crippen molar-refractivity contribution in [3.8, 4) is 0 Å². The highest BCUT2D eigenvalue weighted by atomic mass is 16.5. The summed E-state index contributed by atoms with van der Waals surface area (Å²) in [7, 11) is 0. The highest BCUT2D eigenvalue weighted by molar-refractivity contribution is 5.87. The van der Waals surface area contributed by atoms with E-state index in [1.807, 2.05) is 36.4 Å². The summed E-state index contributed by atoms with van der Waals surface area (Å²) in [6.07, 6.45) is 20.3. The van der Waals surface area contributed by atoms with E-state index >= 15 is 0 Å². The molecule has 5 rings (SSSR count). The van der Waals surface area contributed by atoms with Gasteiger partial charge in [0.1, 0.15) is 6.10 Å². The van der Waals surface area contributed by atoms with Crippen molar-refractivity contribution in [1.29, 1.82) is 0 Å². The van der Waals surface area contributed by atoms with Crippen molar-refractivity contribution in [3.05, 3.63) is 53.6 Å². The maximum Gasteiger partial charge on any atom is 0.331 e. The van der Waals surface area contributed by atoms with Crippen LogP contribution in [0, 0.1) is 46.3 Å². The van der Waals surface area contributed by atoms with Gasteiger partial charge < -0.3 is 4.74 Å². The molecule has 0 aliphatic heterocycles. The molecule has 208 valence electrons. The molecule has 3 saturated carbocycles. The van der Waals surface area contributed by atoms with Crippen molar-refractivity contribution in [2.45, 2.75) is 111 Å². The van der Waals surface area contributed by atoms with E-state index in [9.17, 15) is 4.79 Å². The summed E-state index contributed by atoms with van der Waals surface area (Å²) in [4.78, 5) is 12.6. The highest BCUT2D eigenvalue weighted by Crippen LogP contribution is 2.67. The standard InChI is InChI=1S/C36H52O2/c1-25(2)10-9-11-26(3)31-17-18-32-30-16-15-28-24-29(38-34(37)19-14-27-12-7-6-8-13-27)20-22-35(28,4)33(30)21-23-36(31,32)5/h6-8,12-15,19,25-26,29-33H,9-11,16-18,20-24H2,1-5H3/b19-14+/t26-,29+,30-,31-,32-,33+,35+,36-/m1/s1. The Labute approximate surface area is 232 Å². The Morgan fingerprint density at radius 1 is 1.00 bits per heavy atom. The van der Waals surface area contributed by atoms with Gasteiger partial charge >= 0.3 is 5.97 Å². The third-order valence-electron chi connectivity index (χ3n) is 11.8. The number of ether oxygens (including phenoxy) is 1. The topological polar surface area (TPSA) is 26.3 Å². The van der Waals surface area contributed by atoms with Gasteiger partial charge in [0.2, 0.25) is 0 Å². The van der Waals surface area contributed by atoms with Gasteiger partial charge in [0.05, 0.1) is 0 Å². The number of hydrogen-bond acceptors (Lipinski definition) is 2. The largest absolute Gasteiger partial charge is 0.459 e. The van der Waals surface area contributed by atoms with Gasteiger partial charge in [-0.15, -0.1) is 0 Å². The van der Waals surface area contributed by atoms with E-state index in [0.29, 0.717) is 10.8 Å². The first kappa shape index (κ1) is 27.7. The first-order chi connectivity index (χ1) is 18.2. The molecule has 4 aliphatic rings. The van der Waals surface area contributed by atoms with Crippen LogP contribution in [-0.4, -0.2) is 12.1 Å². The second-order valence-corrected chi connectivity index (χ2v) is 14.3. The monoisotopic (exact) mass is 516 g/mol. The molecule has 4 aliphatic carbocycles.